The number of anilines is 1. The van der Waals surface area contributed by atoms with Gasteiger partial charge in [-0.15, -0.1) is 11.3 Å². The van der Waals surface area contributed by atoms with Crippen molar-refractivity contribution in [2.75, 3.05) is 5.32 Å². The van der Waals surface area contributed by atoms with Crippen LogP contribution in [0.5, 0.6) is 5.88 Å². The number of amides is 1. The molecule has 2 heterocycles. The van der Waals surface area contributed by atoms with E-state index in [1.54, 1.807) is 6.20 Å². The van der Waals surface area contributed by atoms with E-state index in [0.29, 0.717) is 15.1 Å². The molecule has 0 fully saturated rings. The van der Waals surface area contributed by atoms with E-state index in [9.17, 15) is 9.90 Å². The summed E-state index contributed by atoms with van der Waals surface area (Å²) in [6, 6.07) is 0. The first-order valence-electron chi connectivity index (χ1n) is 4.56. The molecule has 2 aromatic heterocycles. The van der Waals surface area contributed by atoms with Crippen LogP contribution in [0.2, 0.25) is 0 Å². The smallest absolute Gasteiger partial charge is 0.233 e. The molecule has 0 atom stereocenters. The minimum Gasteiger partial charge on any atom is -0.492 e. The van der Waals surface area contributed by atoms with Crippen molar-refractivity contribution in [2.24, 2.45) is 4.99 Å². The van der Waals surface area contributed by atoms with E-state index in [-0.39, 0.29) is 11.8 Å². The molecule has 0 aliphatic carbocycles. The predicted octanol–water partition coefficient (Wildman–Crippen LogP) is 2.01. The van der Waals surface area contributed by atoms with Crippen molar-refractivity contribution in [2.45, 2.75) is 6.92 Å². The number of nitrogens with one attached hydrogen (secondary N) is 1. The number of hydrogen-bond acceptors (Lipinski definition) is 7. The molecule has 17 heavy (non-hydrogen) atoms. The maximum absolute atomic E-state index is 10.8. The van der Waals surface area contributed by atoms with Crippen LogP contribution in [-0.2, 0) is 4.79 Å². The molecular formula is C9H8N4O2S2. The number of carbonyl (C=O) groups excluding carboxylic acids is 1. The molecule has 0 aromatic carbocycles. The molecule has 0 aliphatic heterocycles. The van der Waals surface area contributed by atoms with Crippen LogP contribution in [0.4, 0.5) is 10.3 Å². The summed E-state index contributed by atoms with van der Waals surface area (Å²) in [6.07, 6.45) is 3.11. The maximum Gasteiger partial charge on any atom is 0.233 e. The molecule has 0 unspecified atom stereocenters. The first kappa shape index (κ1) is 11.7. The van der Waals surface area contributed by atoms with E-state index in [1.807, 2.05) is 5.38 Å². The monoisotopic (exact) mass is 268 g/mol. The lowest BCUT2D eigenvalue weighted by Gasteiger charge is -1.91. The molecule has 2 aromatic rings. The average Bonchev–Trinajstić information content (AvgIpc) is 2.84. The highest BCUT2D eigenvalue weighted by Crippen LogP contribution is 2.27. The van der Waals surface area contributed by atoms with Crippen LogP contribution in [-0.4, -0.2) is 27.2 Å². The number of aromatic nitrogens is 2. The summed E-state index contributed by atoms with van der Waals surface area (Å²) in [5, 5.41) is 14.8. The van der Waals surface area contributed by atoms with Gasteiger partial charge in [-0.05, 0) is 0 Å². The lowest BCUT2D eigenvalue weighted by molar-refractivity contribution is -0.114. The largest absolute Gasteiger partial charge is 0.492 e. The molecule has 2 rings (SSSR count). The van der Waals surface area contributed by atoms with Gasteiger partial charge in [0.05, 0.1) is 6.21 Å². The van der Waals surface area contributed by atoms with E-state index in [2.05, 4.69) is 20.3 Å². The van der Waals surface area contributed by atoms with Gasteiger partial charge in [-0.3, -0.25) is 4.79 Å². The second-order valence-electron chi connectivity index (χ2n) is 2.96. The Morgan fingerprint density at radius 3 is 3.12 bits per heavy atom. The Morgan fingerprint density at radius 1 is 1.65 bits per heavy atom. The molecular weight excluding hydrogens is 260 g/mol. The zero-order chi connectivity index (χ0) is 12.3. The number of hydrogen-bond donors (Lipinski definition) is 2. The van der Waals surface area contributed by atoms with Crippen molar-refractivity contribution in [1.29, 1.82) is 0 Å². The van der Waals surface area contributed by atoms with Gasteiger partial charge in [-0.25, -0.2) is 9.98 Å². The summed E-state index contributed by atoms with van der Waals surface area (Å²) in [5.41, 5.74) is 0. The Morgan fingerprint density at radius 2 is 2.47 bits per heavy atom. The number of carbonyl (C=O) groups is 1. The van der Waals surface area contributed by atoms with Gasteiger partial charge in [0.25, 0.3) is 0 Å². The van der Waals surface area contributed by atoms with Gasteiger partial charge in [-0.1, -0.05) is 11.3 Å². The van der Waals surface area contributed by atoms with E-state index >= 15 is 0 Å². The zero-order valence-corrected chi connectivity index (χ0v) is 10.4. The van der Waals surface area contributed by atoms with Gasteiger partial charge in [0.1, 0.15) is 4.88 Å². The van der Waals surface area contributed by atoms with E-state index in [1.165, 1.54) is 24.5 Å². The second-order valence-corrected chi connectivity index (χ2v) is 4.86. The Balaban J connectivity index is 2.16. The minimum absolute atomic E-state index is 0.154. The SMILES string of the molecule is CC(=O)Nc1nc(O)c(/C=N/c2nccs2)s1. The van der Waals surface area contributed by atoms with E-state index in [4.69, 9.17) is 0 Å². The average molecular weight is 268 g/mol. The first-order valence-corrected chi connectivity index (χ1v) is 6.25. The quantitative estimate of drug-likeness (QED) is 0.833. The lowest BCUT2D eigenvalue weighted by atomic mass is 10.6. The molecule has 0 aliphatic rings. The van der Waals surface area contributed by atoms with Gasteiger partial charge in [0, 0.05) is 18.5 Å². The number of thiazole rings is 2. The van der Waals surface area contributed by atoms with Crippen molar-refractivity contribution < 1.29 is 9.90 Å². The van der Waals surface area contributed by atoms with Crippen molar-refractivity contribution in [3.63, 3.8) is 0 Å². The van der Waals surface area contributed by atoms with Crippen molar-refractivity contribution in [1.82, 2.24) is 9.97 Å². The summed E-state index contributed by atoms with van der Waals surface area (Å²) >= 11 is 2.53. The third-order valence-corrected chi connectivity index (χ3v) is 3.20. The van der Waals surface area contributed by atoms with Gasteiger partial charge in [-0.2, -0.15) is 4.98 Å². The Hall–Kier alpha value is -1.80. The minimum atomic E-state index is -0.234. The summed E-state index contributed by atoms with van der Waals surface area (Å²) < 4.78 is 0. The van der Waals surface area contributed by atoms with Crippen LogP contribution in [0.25, 0.3) is 0 Å². The number of nitrogens with zero attached hydrogens (tertiary/aromatic N) is 3. The van der Waals surface area contributed by atoms with Crippen LogP contribution < -0.4 is 5.32 Å². The molecule has 6 nitrogen and oxygen atoms in total. The van der Waals surface area contributed by atoms with Crippen LogP contribution in [0.15, 0.2) is 16.6 Å². The second kappa shape index (κ2) is 5.02. The van der Waals surface area contributed by atoms with Gasteiger partial charge in [0.2, 0.25) is 16.9 Å². The van der Waals surface area contributed by atoms with Gasteiger partial charge < -0.3 is 10.4 Å². The van der Waals surface area contributed by atoms with Crippen LogP contribution in [0.1, 0.15) is 11.8 Å². The molecule has 8 heteroatoms. The molecule has 2 N–H and O–H groups in total. The Labute approximate surface area is 105 Å². The lowest BCUT2D eigenvalue weighted by Crippen LogP contribution is -2.04. The van der Waals surface area contributed by atoms with E-state index in [0.717, 1.165) is 11.3 Å². The number of rotatable bonds is 3. The molecule has 0 saturated heterocycles. The molecule has 1 amide bonds. The van der Waals surface area contributed by atoms with Gasteiger partial charge >= 0.3 is 0 Å². The summed E-state index contributed by atoms with van der Waals surface area (Å²) in [7, 11) is 0. The molecule has 0 spiro atoms. The third-order valence-electron chi connectivity index (χ3n) is 1.63. The first-order chi connectivity index (χ1) is 8.15. The summed E-state index contributed by atoms with van der Waals surface area (Å²) in [4.78, 5) is 23.1. The number of aromatic hydroxyl groups is 1. The maximum atomic E-state index is 10.8. The third kappa shape index (κ3) is 3.08. The topological polar surface area (TPSA) is 87.5 Å². The van der Waals surface area contributed by atoms with Crippen LogP contribution >= 0.6 is 22.7 Å². The Kier molecular flexibility index (Phi) is 3.45. The molecule has 0 radical (unpaired) electrons. The summed E-state index contributed by atoms with van der Waals surface area (Å²) in [5.74, 6) is -0.388. The zero-order valence-electron chi connectivity index (χ0n) is 8.75. The highest BCUT2D eigenvalue weighted by Gasteiger charge is 2.09. The Bertz CT molecular complexity index is 547. The number of aliphatic imine (C=N–C) groups is 1. The fourth-order valence-corrected chi connectivity index (χ4v) is 2.26. The molecule has 0 saturated carbocycles. The van der Waals surface area contributed by atoms with E-state index < -0.39 is 0 Å². The standard InChI is InChI=1S/C9H8N4O2S2/c1-5(14)12-9-13-7(15)6(17-9)4-11-8-10-2-3-16-8/h2-4,15H,1H3,(H,12,13,14)/b11-4+. The van der Waals surface area contributed by atoms with Crippen molar-refractivity contribution >= 4 is 45.1 Å². The van der Waals surface area contributed by atoms with Gasteiger partial charge in [0.15, 0.2) is 5.13 Å². The normalized spacial score (nSPS) is 10.9. The molecule has 88 valence electrons. The van der Waals surface area contributed by atoms with Crippen LogP contribution in [0.3, 0.4) is 0 Å². The van der Waals surface area contributed by atoms with Crippen molar-refractivity contribution in [3.8, 4) is 5.88 Å². The highest BCUT2D eigenvalue weighted by molar-refractivity contribution is 7.17. The summed E-state index contributed by atoms with van der Waals surface area (Å²) in [6.45, 7) is 1.38. The predicted molar refractivity (Wildman–Crippen MR) is 67.5 cm³/mol. The fraction of sp³-hybridized carbons (Fsp3) is 0.111. The fourth-order valence-electron chi connectivity index (χ4n) is 1.01. The van der Waals surface area contributed by atoms with Crippen molar-refractivity contribution in [3.05, 3.63) is 16.5 Å². The van der Waals surface area contributed by atoms with Crippen LogP contribution in [0, 0.1) is 0 Å². The molecule has 0 bridgehead atoms. The highest BCUT2D eigenvalue weighted by atomic mass is 32.1.